The number of carbonyl (C=O) groups excluding carboxylic acids is 2. The predicted molar refractivity (Wildman–Crippen MR) is 33.7 cm³/mol. The zero-order valence-corrected chi connectivity index (χ0v) is 9.39. The summed E-state index contributed by atoms with van der Waals surface area (Å²) in [5, 5.41) is 27.2. The Hall–Kier alpha value is -0.140. The fraction of sp³-hybridized carbons (Fsp3) is 0.667. The van der Waals surface area contributed by atoms with E-state index in [1.807, 2.05) is 0 Å². The summed E-state index contributed by atoms with van der Waals surface area (Å²) in [7, 11) is 0. The van der Waals surface area contributed by atoms with Crippen molar-refractivity contribution >= 4 is 11.9 Å². The molecule has 13 heavy (non-hydrogen) atoms. The number of carboxylic acids is 1. The molecule has 0 saturated heterocycles. The van der Waals surface area contributed by atoms with E-state index in [0.29, 0.717) is 0 Å². The Morgan fingerprint density at radius 3 is 2.15 bits per heavy atom. The second-order valence-corrected chi connectivity index (χ2v) is 1.96. The quantitative estimate of drug-likeness (QED) is 0.345. The van der Waals surface area contributed by atoms with Crippen LogP contribution in [0.2, 0.25) is 0 Å². The van der Waals surface area contributed by atoms with E-state index in [-0.39, 0.29) is 36.2 Å². The number of rotatable bonds is 4. The minimum Gasteiger partial charge on any atom is -0.547 e. The van der Waals surface area contributed by atoms with Crippen LogP contribution in [0.4, 0.5) is 0 Å². The van der Waals surface area contributed by atoms with Gasteiger partial charge in [-0.05, 0) is 6.92 Å². The molecule has 0 aromatic rings. The van der Waals surface area contributed by atoms with Crippen molar-refractivity contribution in [2.75, 3.05) is 6.61 Å². The monoisotopic (exact) mass is 200 g/mol. The van der Waals surface area contributed by atoms with Crippen LogP contribution in [0.25, 0.3) is 0 Å². The van der Waals surface area contributed by atoms with Crippen molar-refractivity contribution in [1.29, 1.82) is 0 Å². The second kappa shape index (κ2) is 7.28. The third kappa shape index (κ3) is 5.22. The Labute approximate surface area is 96.8 Å². The molecule has 0 saturated carbocycles. The van der Waals surface area contributed by atoms with Gasteiger partial charge < -0.3 is 24.9 Å². The van der Waals surface area contributed by atoms with Crippen molar-refractivity contribution in [3.8, 4) is 0 Å². The van der Waals surface area contributed by atoms with Gasteiger partial charge in [0.1, 0.15) is 6.10 Å². The molecule has 0 bridgehead atoms. The van der Waals surface area contributed by atoms with Crippen LogP contribution in [0, 0.1) is 0 Å². The summed E-state index contributed by atoms with van der Waals surface area (Å²) in [6, 6.07) is 0. The van der Waals surface area contributed by atoms with Crippen molar-refractivity contribution in [3.05, 3.63) is 0 Å². The van der Waals surface area contributed by atoms with Gasteiger partial charge in [-0.25, -0.2) is 4.79 Å². The van der Waals surface area contributed by atoms with Crippen molar-refractivity contribution in [2.45, 2.75) is 19.1 Å². The molecular formula is C6H9NaO6. The van der Waals surface area contributed by atoms with Gasteiger partial charge in [-0.3, -0.25) is 0 Å². The molecule has 0 spiro atoms. The molecular weight excluding hydrogens is 191 g/mol. The molecule has 0 fully saturated rings. The van der Waals surface area contributed by atoms with Crippen LogP contribution in [0.15, 0.2) is 0 Å². The Bertz CT molecular complexity index is 182. The molecule has 0 aliphatic carbocycles. The predicted octanol–water partition coefficient (Wildman–Crippen LogP) is -5.97. The molecule has 0 radical (unpaired) electrons. The van der Waals surface area contributed by atoms with Gasteiger partial charge in [-0.2, -0.15) is 0 Å². The number of carboxylic acid groups (broad SMARTS) is 1. The molecule has 0 amide bonds. The average molecular weight is 200 g/mol. The fourth-order valence-corrected chi connectivity index (χ4v) is 0.485. The number of aliphatic hydroxyl groups excluding tert-OH is 2. The molecule has 0 aromatic heterocycles. The minimum absolute atomic E-state index is 0. The maximum Gasteiger partial charge on any atom is 1.00 e. The Morgan fingerprint density at radius 1 is 1.38 bits per heavy atom. The largest absolute Gasteiger partial charge is 1.00 e. The first-order valence-corrected chi connectivity index (χ1v) is 3.24. The molecule has 0 aromatic carbocycles. The smallest absolute Gasteiger partial charge is 0.547 e. The number of carbonyl (C=O) groups is 2. The van der Waals surface area contributed by atoms with Gasteiger partial charge >= 0.3 is 35.5 Å². The Kier molecular flexibility index (Phi) is 8.59. The summed E-state index contributed by atoms with van der Waals surface area (Å²) < 4.78 is 4.23. The van der Waals surface area contributed by atoms with Crippen LogP contribution in [0.5, 0.6) is 0 Å². The number of aliphatic carboxylic acids is 1. The molecule has 2 unspecified atom stereocenters. The topological polar surface area (TPSA) is 107 Å². The summed E-state index contributed by atoms with van der Waals surface area (Å²) in [5.41, 5.74) is 0. The molecule has 6 nitrogen and oxygen atoms in total. The standard InChI is InChI=1S/C6H10O6.Na/c1-2-12-6(11)4(8)3(7)5(9)10;/h3-4,7-8H,2H2,1H3,(H,9,10);/q;+1/p-1. The van der Waals surface area contributed by atoms with Gasteiger partial charge in [0.15, 0.2) is 6.10 Å². The maximum absolute atomic E-state index is 10.6. The molecule has 0 aliphatic heterocycles. The maximum atomic E-state index is 10.6. The van der Waals surface area contributed by atoms with Crippen LogP contribution < -0.4 is 34.7 Å². The molecule has 0 aliphatic rings. The molecule has 70 valence electrons. The van der Waals surface area contributed by atoms with Gasteiger partial charge in [-0.15, -0.1) is 0 Å². The Balaban J connectivity index is 0. The van der Waals surface area contributed by atoms with E-state index in [4.69, 9.17) is 10.2 Å². The van der Waals surface area contributed by atoms with E-state index in [2.05, 4.69) is 4.74 Å². The normalized spacial score (nSPS) is 13.8. The number of ether oxygens (including phenoxy) is 1. The van der Waals surface area contributed by atoms with Crippen LogP contribution in [-0.2, 0) is 14.3 Å². The van der Waals surface area contributed by atoms with E-state index >= 15 is 0 Å². The zero-order valence-electron chi connectivity index (χ0n) is 7.39. The molecule has 0 heterocycles. The Morgan fingerprint density at radius 2 is 1.85 bits per heavy atom. The van der Waals surface area contributed by atoms with Gasteiger partial charge in [-0.1, -0.05) is 0 Å². The summed E-state index contributed by atoms with van der Waals surface area (Å²) in [6.45, 7) is 1.48. The molecule has 7 heteroatoms. The van der Waals surface area contributed by atoms with E-state index < -0.39 is 24.1 Å². The average Bonchev–Trinajstić information content (AvgIpc) is 2.02. The number of hydrogen-bond donors (Lipinski definition) is 2. The van der Waals surface area contributed by atoms with Crippen LogP contribution in [0.3, 0.4) is 0 Å². The van der Waals surface area contributed by atoms with Crippen molar-refractivity contribution < 1.29 is 59.2 Å². The van der Waals surface area contributed by atoms with Gasteiger partial charge in [0.05, 0.1) is 12.6 Å². The van der Waals surface area contributed by atoms with E-state index in [0.717, 1.165) is 0 Å². The van der Waals surface area contributed by atoms with Gasteiger partial charge in [0, 0.05) is 0 Å². The summed E-state index contributed by atoms with van der Waals surface area (Å²) in [4.78, 5) is 20.5. The van der Waals surface area contributed by atoms with Crippen LogP contribution in [-0.4, -0.2) is 41.0 Å². The van der Waals surface area contributed by atoms with E-state index in [1.165, 1.54) is 6.92 Å². The SMILES string of the molecule is CCOC(=O)C(O)C(O)C(=O)[O-].[Na+]. The number of esters is 1. The summed E-state index contributed by atoms with van der Waals surface area (Å²) in [5.74, 6) is -3.11. The first kappa shape index (κ1) is 15.3. The molecule has 0 rings (SSSR count). The van der Waals surface area contributed by atoms with Crippen molar-refractivity contribution in [1.82, 2.24) is 0 Å². The number of aliphatic hydroxyl groups is 2. The summed E-state index contributed by atoms with van der Waals surface area (Å²) >= 11 is 0. The molecule has 2 N–H and O–H groups in total. The minimum atomic E-state index is -2.25. The zero-order chi connectivity index (χ0) is 9.72. The van der Waals surface area contributed by atoms with Crippen molar-refractivity contribution in [2.24, 2.45) is 0 Å². The number of hydrogen-bond acceptors (Lipinski definition) is 6. The van der Waals surface area contributed by atoms with Crippen LogP contribution in [0.1, 0.15) is 6.92 Å². The van der Waals surface area contributed by atoms with Crippen LogP contribution >= 0.6 is 0 Å². The fourth-order valence-electron chi connectivity index (χ4n) is 0.485. The molecule has 2 atom stereocenters. The first-order chi connectivity index (χ1) is 5.50. The third-order valence-electron chi connectivity index (χ3n) is 1.07. The summed E-state index contributed by atoms with van der Waals surface area (Å²) in [6.07, 6.45) is -4.33. The first-order valence-electron chi connectivity index (χ1n) is 3.24. The van der Waals surface area contributed by atoms with E-state index in [9.17, 15) is 14.7 Å². The van der Waals surface area contributed by atoms with Gasteiger partial charge in [0.25, 0.3) is 0 Å². The third-order valence-corrected chi connectivity index (χ3v) is 1.07. The van der Waals surface area contributed by atoms with E-state index in [1.54, 1.807) is 0 Å². The second-order valence-electron chi connectivity index (χ2n) is 1.96. The van der Waals surface area contributed by atoms with Gasteiger partial charge in [0.2, 0.25) is 0 Å². The van der Waals surface area contributed by atoms with Crippen molar-refractivity contribution in [3.63, 3.8) is 0 Å².